The van der Waals surface area contributed by atoms with Gasteiger partial charge in [0.2, 0.25) is 5.91 Å². The fraction of sp³-hybridized carbons (Fsp3) is 0.333. The van der Waals surface area contributed by atoms with E-state index in [4.69, 9.17) is 5.11 Å². The van der Waals surface area contributed by atoms with E-state index in [0.717, 1.165) is 12.0 Å². The van der Waals surface area contributed by atoms with E-state index in [1.54, 1.807) is 6.07 Å². The largest absolute Gasteiger partial charge is 0.481 e. The Hall–Kier alpha value is -1.84. The fourth-order valence-corrected chi connectivity index (χ4v) is 1.49. The third-order valence-corrected chi connectivity index (χ3v) is 2.23. The van der Waals surface area contributed by atoms with E-state index >= 15 is 0 Å². The number of carboxylic acid groups (broad SMARTS) is 1. The van der Waals surface area contributed by atoms with Crippen LogP contribution in [0.4, 0.5) is 5.69 Å². The van der Waals surface area contributed by atoms with E-state index in [2.05, 4.69) is 5.32 Å². The summed E-state index contributed by atoms with van der Waals surface area (Å²) in [5.41, 5.74) is 2.28. The van der Waals surface area contributed by atoms with Gasteiger partial charge in [0, 0.05) is 12.6 Å². The van der Waals surface area contributed by atoms with Crippen molar-refractivity contribution in [2.24, 2.45) is 0 Å². The zero-order valence-electron chi connectivity index (χ0n) is 9.41. The Balaban J connectivity index is 3.05. The lowest BCUT2D eigenvalue weighted by Gasteiger charge is -2.09. The average molecular weight is 221 g/mol. The number of anilines is 1. The minimum atomic E-state index is -0.903. The molecule has 1 aromatic rings. The van der Waals surface area contributed by atoms with Gasteiger partial charge in [-0.1, -0.05) is 19.1 Å². The number of carbonyl (C=O) groups excluding carboxylic acids is 1. The molecule has 0 saturated heterocycles. The third kappa shape index (κ3) is 3.38. The van der Waals surface area contributed by atoms with Gasteiger partial charge in [-0.2, -0.15) is 0 Å². The minimum Gasteiger partial charge on any atom is -0.481 e. The van der Waals surface area contributed by atoms with E-state index in [0.29, 0.717) is 11.3 Å². The van der Waals surface area contributed by atoms with Crippen molar-refractivity contribution in [2.45, 2.75) is 26.7 Å². The molecule has 4 heteroatoms. The molecule has 0 radical (unpaired) electrons. The van der Waals surface area contributed by atoms with Crippen molar-refractivity contribution in [1.82, 2.24) is 0 Å². The molecule has 0 unspecified atom stereocenters. The van der Waals surface area contributed by atoms with Crippen LogP contribution in [-0.2, 0) is 22.4 Å². The molecule has 0 heterocycles. The predicted molar refractivity (Wildman–Crippen MR) is 61.5 cm³/mol. The van der Waals surface area contributed by atoms with Crippen molar-refractivity contribution in [1.29, 1.82) is 0 Å². The first-order valence-corrected chi connectivity index (χ1v) is 5.14. The van der Waals surface area contributed by atoms with Gasteiger partial charge in [-0.15, -0.1) is 0 Å². The molecular weight excluding hydrogens is 206 g/mol. The number of hydrogen-bond donors (Lipinski definition) is 2. The molecule has 16 heavy (non-hydrogen) atoms. The first kappa shape index (κ1) is 12.2. The summed E-state index contributed by atoms with van der Waals surface area (Å²) < 4.78 is 0. The molecule has 0 bridgehead atoms. The van der Waals surface area contributed by atoms with Crippen molar-refractivity contribution in [3.05, 3.63) is 29.3 Å². The summed E-state index contributed by atoms with van der Waals surface area (Å²) in [6.07, 6.45) is 0.760. The zero-order valence-corrected chi connectivity index (χ0v) is 9.41. The number of benzene rings is 1. The minimum absolute atomic E-state index is 0.0799. The van der Waals surface area contributed by atoms with Gasteiger partial charge in [0.1, 0.15) is 0 Å². The van der Waals surface area contributed by atoms with Crippen molar-refractivity contribution < 1.29 is 14.7 Å². The molecular formula is C12H15NO3. The van der Waals surface area contributed by atoms with E-state index in [1.807, 2.05) is 19.1 Å². The summed E-state index contributed by atoms with van der Waals surface area (Å²) in [7, 11) is 0. The summed E-state index contributed by atoms with van der Waals surface area (Å²) >= 11 is 0. The Kier molecular flexibility index (Phi) is 4.05. The molecule has 0 fully saturated rings. The van der Waals surface area contributed by atoms with E-state index in [-0.39, 0.29) is 12.3 Å². The molecule has 1 aromatic carbocycles. The molecule has 0 aliphatic heterocycles. The number of hydrogen-bond acceptors (Lipinski definition) is 2. The maximum atomic E-state index is 10.9. The number of carboxylic acids is 1. The highest BCUT2D eigenvalue weighted by molar-refractivity contribution is 5.90. The lowest BCUT2D eigenvalue weighted by Crippen LogP contribution is -2.10. The summed E-state index contributed by atoms with van der Waals surface area (Å²) in [6.45, 7) is 3.40. The summed E-state index contributed by atoms with van der Waals surface area (Å²) in [6, 6.07) is 5.45. The highest BCUT2D eigenvalue weighted by Gasteiger charge is 2.08. The third-order valence-electron chi connectivity index (χ3n) is 2.23. The molecule has 86 valence electrons. The van der Waals surface area contributed by atoms with Crippen LogP contribution in [0.5, 0.6) is 0 Å². The van der Waals surface area contributed by atoms with E-state index in [1.165, 1.54) is 6.92 Å². The number of rotatable bonds is 4. The number of nitrogens with one attached hydrogen (secondary N) is 1. The Morgan fingerprint density at radius 3 is 2.56 bits per heavy atom. The van der Waals surface area contributed by atoms with Crippen molar-refractivity contribution in [3.63, 3.8) is 0 Å². The first-order chi connectivity index (χ1) is 7.52. The maximum absolute atomic E-state index is 10.9. The van der Waals surface area contributed by atoms with Crippen LogP contribution in [0.15, 0.2) is 18.2 Å². The van der Waals surface area contributed by atoms with Gasteiger partial charge < -0.3 is 10.4 Å². The van der Waals surface area contributed by atoms with Crippen LogP contribution in [-0.4, -0.2) is 17.0 Å². The maximum Gasteiger partial charge on any atom is 0.307 e. The zero-order chi connectivity index (χ0) is 12.1. The van der Waals surface area contributed by atoms with Gasteiger partial charge in [-0.3, -0.25) is 9.59 Å². The molecule has 0 saturated carbocycles. The van der Waals surface area contributed by atoms with E-state index in [9.17, 15) is 9.59 Å². The second kappa shape index (κ2) is 5.30. The standard InChI is InChI=1S/C12H15NO3/c1-3-9-4-5-11(13-8(2)14)10(6-9)7-12(15)16/h4-6H,3,7H2,1-2H3,(H,13,14)(H,15,16). The molecule has 0 spiro atoms. The van der Waals surface area contributed by atoms with Crippen molar-refractivity contribution in [2.75, 3.05) is 5.32 Å². The lowest BCUT2D eigenvalue weighted by molar-refractivity contribution is -0.136. The van der Waals surface area contributed by atoms with Gasteiger partial charge >= 0.3 is 5.97 Å². The number of amides is 1. The van der Waals surface area contributed by atoms with Gasteiger partial charge in [0.25, 0.3) is 0 Å². The second-order valence-corrected chi connectivity index (χ2v) is 3.60. The Bertz CT molecular complexity index is 413. The second-order valence-electron chi connectivity index (χ2n) is 3.60. The van der Waals surface area contributed by atoms with Gasteiger partial charge in [-0.05, 0) is 23.6 Å². The van der Waals surface area contributed by atoms with Crippen LogP contribution >= 0.6 is 0 Å². The average Bonchev–Trinajstić information content (AvgIpc) is 2.19. The van der Waals surface area contributed by atoms with Crippen LogP contribution in [0.1, 0.15) is 25.0 Å². The van der Waals surface area contributed by atoms with Crippen LogP contribution in [0, 0.1) is 0 Å². The molecule has 1 rings (SSSR count). The summed E-state index contributed by atoms with van der Waals surface area (Å²) in [5.74, 6) is -1.10. The van der Waals surface area contributed by atoms with E-state index < -0.39 is 5.97 Å². The van der Waals surface area contributed by atoms with Gasteiger partial charge in [0.15, 0.2) is 0 Å². The molecule has 4 nitrogen and oxygen atoms in total. The number of carbonyl (C=O) groups is 2. The Labute approximate surface area is 94.3 Å². The molecule has 1 amide bonds. The van der Waals surface area contributed by atoms with Crippen LogP contribution in [0.2, 0.25) is 0 Å². The Morgan fingerprint density at radius 1 is 1.38 bits per heavy atom. The first-order valence-electron chi connectivity index (χ1n) is 5.14. The summed E-state index contributed by atoms with van der Waals surface area (Å²) in [4.78, 5) is 21.6. The lowest BCUT2D eigenvalue weighted by atomic mass is 10.0. The van der Waals surface area contributed by atoms with Gasteiger partial charge in [0.05, 0.1) is 6.42 Å². The van der Waals surface area contributed by atoms with Crippen LogP contribution in [0.25, 0.3) is 0 Å². The quantitative estimate of drug-likeness (QED) is 0.815. The van der Waals surface area contributed by atoms with Crippen molar-refractivity contribution >= 4 is 17.6 Å². The smallest absolute Gasteiger partial charge is 0.307 e. The highest BCUT2D eigenvalue weighted by atomic mass is 16.4. The van der Waals surface area contributed by atoms with Gasteiger partial charge in [-0.25, -0.2) is 0 Å². The molecule has 0 aliphatic rings. The number of aryl methyl sites for hydroxylation is 1. The Morgan fingerprint density at radius 2 is 2.06 bits per heavy atom. The normalized spacial score (nSPS) is 9.88. The molecule has 2 N–H and O–H groups in total. The van der Waals surface area contributed by atoms with Crippen LogP contribution < -0.4 is 5.32 Å². The number of aliphatic carboxylic acids is 1. The molecule has 0 aliphatic carbocycles. The topological polar surface area (TPSA) is 66.4 Å². The highest BCUT2D eigenvalue weighted by Crippen LogP contribution is 2.18. The summed E-state index contributed by atoms with van der Waals surface area (Å²) in [5, 5.41) is 11.4. The SMILES string of the molecule is CCc1ccc(NC(C)=O)c(CC(=O)O)c1. The van der Waals surface area contributed by atoms with Crippen LogP contribution in [0.3, 0.4) is 0 Å². The predicted octanol–water partition coefficient (Wildman–Crippen LogP) is 1.83. The monoisotopic (exact) mass is 221 g/mol. The molecule has 0 aromatic heterocycles. The molecule has 0 atom stereocenters. The fourth-order valence-electron chi connectivity index (χ4n) is 1.49. The van der Waals surface area contributed by atoms with Crippen molar-refractivity contribution in [3.8, 4) is 0 Å².